The van der Waals surface area contributed by atoms with Gasteiger partial charge >= 0.3 is 11.9 Å². The lowest BCUT2D eigenvalue weighted by Crippen LogP contribution is -2.44. The number of nitrogens with zero attached hydrogens (tertiary/aromatic N) is 4. The zero-order valence-corrected chi connectivity index (χ0v) is 31.8. The number of fused-ring (bicyclic) bond motifs is 10. The maximum atomic E-state index is 13.8. The molecule has 0 amide bonds. The summed E-state index contributed by atoms with van der Waals surface area (Å²) in [5.74, 6) is -0.314. The summed E-state index contributed by atoms with van der Waals surface area (Å²) in [4.78, 5) is 62.9. The van der Waals surface area contributed by atoms with Gasteiger partial charge in [0.05, 0.1) is 58.0 Å². The Morgan fingerprint density at radius 3 is 1.44 bits per heavy atom. The molecule has 6 aromatic rings. The molecule has 288 valence electrons. The number of pyridine rings is 4. The molecule has 0 saturated carbocycles. The van der Waals surface area contributed by atoms with Crippen LogP contribution in [0.3, 0.4) is 0 Å². The molecule has 57 heavy (non-hydrogen) atoms. The topological polar surface area (TPSA) is 172 Å². The Morgan fingerprint density at radius 2 is 1.05 bits per heavy atom. The highest BCUT2D eigenvalue weighted by atomic mass is 16.6. The Kier molecular flexibility index (Phi) is 7.52. The van der Waals surface area contributed by atoms with Gasteiger partial charge < -0.3 is 33.6 Å². The standard InChI is InChI=1S/C44H38N4O9/c1-5-23-25-13-21(9-11-33(25)45-37-27(23)17-47-35(37)15-31-29(39(47)49)19-55-41(51)43(31,53)7-3)57-22-10-12-34-26(14-22)24(6-2)28-18-48-36(38(28)46-34)16-32-30(40(48)50)20-56-42(52)44(32,54)8-4/h9-16,53-54H,5-8,17-20H2,1-4H3/t43-,44-/m0/s1. The van der Waals surface area contributed by atoms with E-state index in [9.17, 15) is 29.4 Å². The van der Waals surface area contributed by atoms with E-state index in [1.807, 2.05) is 36.4 Å². The average molecular weight is 767 g/mol. The summed E-state index contributed by atoms with van der Waals surface area (Å²) >= 11 is 0. The summed E-state index contributed by atoms with van der Waals surface area (Å²) in [5, 5.41) is 24.3. The molecule has 8 heterocycles. The summed E-state index contributed by atoms with van der Waals surface area (Å²) < 4.78 is 20.3. The van der Waals surface area contributed by atoms with Crippen LogP contribution in [0.25, 0.3) is 44.6 Å². The molecule has 2 atom stereocenters. The number of aromatic nitrogens is 4. The van der Waals surface area contributed by atoms with Gasteiger partial charge in [0.25, 0.3) is 11.1 Å². The van der Waals surface area contributed by atoms with Crippen molar-refractivity contribution in [1.29, 1.82) is 0 Å². The van der Waals surface area contributed by atoms with Crippen molar-refractivity contribution < 1.29 is 34.0 Å². The molecule has 0 aliphatic carbocycles. The molecule has 0 fully saturated rings. The normalized spacial score (nSPS) is 20.0. The highest BCUT2D eigenvalue weighted by molar-refractivity contribution is 5.92. The Morgan fingerprint density at radius 1 is 0.632 bits per heavy atom. The van der Waals surface area contributed by atoms with Crippen LogP contribution in [0, 0.1) is 0 Å². The number of hydrogen-bond donors (Lipinski definition) is 2. The van der Waals surface area contributed by atoms with E-state index >= 15 is 0 Å². The van der Waals surface area contributed by atoms with Crippen molar-refractivity contribution in [2.45, 2.75) is 90.9 Å². The van der Waals surface area contributed by atoms with Crippen molar-refractivity contribution in [3.63, 3.8) is 0 Å². The van der Waals surface area contributed by atoms with Crippen LogP contribution in [-0.2, 0) is 69.4 Å². The van der Waals surface area contributed by atoms with Crippen LogP contribution >= 0.6 is 0 Å². The molecule has 4 aliphatic rings. The molecule has 0 unspecified atom stereocenters. The van der Waals surface area contributed by atoms with E-state index in [1.165, 1.54) is 0 Å². The van der Waals surface area contributed by atoms with Crippen LogP contribution < -0.4 is 15.9 Å². The van der Waals surface area contributed by atoms with Crippen LogP contribution in [0.15, 0.2) is 58.1 Å². The van der Waals surface area contributed by atoms with Gasteiger partial charge in [0.15, 0.2) is 11.2 Å². The van der Waals surface area contributed by atoms with Crippen molar-refractivity contribution >= 4 is 33.7 Å². The number of hydrogen-bond acceptors (Lipinski definition) is 11. The summed E-state index contributed by atoms with van der Waals surface area (Å²) in [6.45, 7) is 7.72. The first-order valence-corrected chi connectivity index (χ1v) is 19.4. The second-order valence-electron chi connectivity index (χ2n) is 15.2. The number of carbonyl (C=O) groups is 2. The summed E-state index contributed by atoms with van der Waals surface area (Å²) in [7, 11) is 0. The quantitative estimate of drug-likeness (QED) is 0.208. The van der Waals surface area contributed by atoms with Crippen LogP contribution in [0.4, 0.5) is 0 Å². The van der Waals surface area contributed by atoms with Crippen LogP contribution in [0.5, 0.6) is 11.5 Å². The maximum Gasteiger partial charge on any atom is 0.343 e. The zero-order chi connectivity index (χ0) is 39.7. The Labute approximate surface area is 325 Å². The van der Waals surface area contributed by atoms with Crippen molar-refractivity contribution in [2.24, 2.45) is 0 Å². The number of aryl methyl sites for hydroxylation is 2. The highest BCUT2D eigenvalue weighted by Crippen LogP contribution is 2.43. The first-order chi connectivity index (χ1) is 27.4. The van der Waals surface area contributed by atoms with Gasteiger partial charge in [0, 0.05) is 33.0 Å². The van der Waals surface area contributed by atoms with Gasteiger partial charge in [0.1, 0.15) is 24.7 Å². The first-order valence-electron chi connectivity index (χ1n) is 19.4. The van der Waals surface area contributed by atoms with E-state index in [4.69, 9.17) is 24.2 Å². The number of carbonyl (C=O) groups excluding carboxylic acids is 2. The van der Waals surface area contributed by atoms with Crippen molar-refractivity contribution in [1.82, 2.24) is 19.1 Å². The van der Waals surface area contributed by atoms with Gasteiger partial charge in [0.2, 0.25) is 0 Å². The molecule has 0 spiro atoms. The lowest BCUT2D eigenvalue weighted by atomic mass is 9.86. The molecule has 2 aromatic carbocycles. The molecule has 13 heteroatoms. The lowest BCUT2D eigenvalue weighted by Gasteiger charge is -2.31. The van der Waals surface area contributed by atoms with Crippen molar-refractivity contribution in [2.75, 3.05) is 0 Å². The monoisotopic (exact) mass is 766 g/mol. The van der Waals surface area contributed by atoms with E-state index in [2.05, 4.69) is 13.8 Å². The summed E-state index contributed by atoms with van der Waals surface area (Å²) in [6.07, 6.45) is 1.47. The summed E-state index contributed by atoms with van der Waals surface area (Å²) in [6, 6.07) is 14.9. The molecule has 0 radical (unpaired) electrons. The predicted octanol–water partition coefficient (Wildman–Crippen LogP) is 5.39. The van der Waals surface area contributed by atoms with E-state index in [-0.39, 0.29) is 59.4 Å². The minimum Gasteiger partial charge on any atom is -0.458 e. The maximum absolute atomic E-state index is 13.8. The number of rotatable bonds is 6. The van der Waals surface area contributed by atoms with Crippen LogP contribution in [0.2, 0.25) is 0 Å². The third-order valence-corrected chi connectivity index (χ3v) is 12.5. The first kappa shape index (κ1) is 35.2. The zero-order valence-electron chi connectivity index (χ0n) is 31.8. The molecule has 4 aliphatic heterocycles. The molecule has 0 saturated heterocycles. The average Bonchev–Trinajstić information content (AvgIpc) is 3.78. The van der Waals surface area contributed by atoms with Gasteiger partial charge in [-0.05, 0) is 85.3 Å². The number of benzene rings is 2. The molecular weight excluding hydrogens is 729 g/mol. The predicted molar refractivity (Wildman–Crippen MR) is 208 cm³/mol. The largest absolute Gasteiger partial charge is 0.458 e. The molecule has 0 bridgehead atoms. The second-order valence-corrected chi connectivity index (χ2v) is 15.2. The van der Waals surface area contributed by atoms with Gasteiger partial charge in [-0.1, -0.05) is 27.7 Å². The van der Waals surface area contributed by atoms with Gasteiger partial charge in [-0.3, -0.25) is 9.59 Å². The number of ether oxygens (including phenoxy) is 3. The Bertz CT molecular complexity index is 2770. The van der Waals surface area contributed by atoms with E-state index in [1.54, 1.807) is 35.1 Å². The van der Waals surface area contributed by atoms with Gasteiger partial charge in [-0.25, -0.2) is 19.6 Å². The third kappa shape index (κ3) is 4.69. The smallest absolute Gasteiger partial charge is 0.343 e. The Hall–Kier alpha value is -6.18. The minimum absolute atomic E-state index is 0.0703. The van der Waals surface area contributed by atoms with Gasteiger partial charge in [-0.15, -0.1) is 0 Å². The Balaban J connectivity index is 1.02. The summed E-state index contributed by atoms with van der Waals surface area (Å²) in [5.41, 5.74) is 4.47. The van der Waals surface area contributed by atoms with Gasteiger partial charge in [-0.2, -0.15) is 0 Å². The number of esters is 2. The van der Waals surface area contributed by atoms with Crippen molar-refractivity contribution in [3.05, 3.63) is 114 Å². The van der Waals surface area contributed by atoms with Crippen LogP contribution in [-0.4, -0.2) is 41.3 Å². The van der Waals surface area contributed by atoms with E-state index in [0.717, 1.165) is 44.1 Å². The lowest BCUT2D eigenvalue weighted by molar-refractivity contribution is -0.172. The van der Waals surface area contributed by atoms with E-state index < -0.39 is 23.1 Å². The van der Waals surface area contributed by atoms with E-state index in [0.29, 0.717) is 60.2 Å². The number of aliphatic hydroxyl groups is 2. The molecule has 2 N–H and O–H groups in total. The SMILES string of the molecule is CCc1c2c(nc3ccc(Oc4ccc5nc6c(c(CC)c5c4)Cn4c-6cc5c(c4=O)COC(=O)[C@]5(O)CC)cc13)-c1cc3c(c(=O)n1C2)COC(=O)[C@]3(O)CC. The fourth-order valence-corrected chi connectivity index (χ4v) is 9.35. The molecule has 13 nitrogen and oxygen atoms in total. The fraction of sp³-hybridized carbons (Fsp3) is 0.318. The van der Waals surface area contributed by atoms with Crippen LogP contribution in [0.1, 0.15) is 85.0 Å². The van der Waals surface area contributed by atoms with Crippen molar-refractivity contribution in [3.8, 4) is 34.3 Å². The molecule has 4 aromatic heterocycles. The third-order valence-electron chi connectivity index (χ3n) is 12.5. The molecule has 10 rings (SSSR count). The second kappa shape index (κ2) is 12.2. The highest BCUT2D eigenvalue weighted by Gasteiger charge is 2.47. The number of cyclic esters (lactones) is 2. The molecular formula is C44H38N4O9. The fourth-order valence-electron chi connectivity index (χ4n) is 9.35. The minimum atomic E-state index is -1.90.